The third-order valence-corrected chi connectivity index (χ3v) is 2.76. The van der Waals surface area contributed by atoms with Gasteiger partial charge in [0.1, 0.15) is 0 Å². The lowest BCUT2D eigenvalue weighted by molar-refractivity contribution is 0.808. The topological polar surface area (TPSA) is 22.0 Å². The van der Waals surface area contributed by atoms with Crippen LogP contribution in [0.4, 0.5) is 0 Å². The van der Waals surface area contributed by atoms with Crippen LogP contribution in [0.5, 0.6) is 0 Å². The molecule has 11 heavy (non-hydrogen) atoms. The molecule has 0 radical (unpaired) electrons. The van der Waals surface area contributed by atoms with Crippen molar-refractivity contribution in [1.82, 2.24) is 4.57 Å². The predicted molar refractivity (Wildman–Crippen MR) is 48.9 cm³/mol. The second kappa shape index (κ2) is 2.81. The normalized spacial score (nSPS) is 10.2. The van der Waals surface area contributed by atoms with Gasteiger partial charge in [-0.2, -0.15) is 0 Å². The molecule has 1 rings (SSSR count). The average Bonchev–Trinajstić information content (AvgIpc) is 1.97. The van der Waals surface area contributed by atoms with Crippen molar-refractivity contribution in [2.75, 3.05) is 0 Å². The summed E-state index contributed by atoms with van der Waals surface area (Å²) in [4.78, 5) is 11.3. The molecule has 0 saturated heterocycles. The third-order valence-electron chi connectivity index (χ3n) is 1.79. The van der Waals surface area contributed by atoms with Gasteiger partial charge in [-0.1, -0.05) is 0 Å². The van der Waals surface area contributed by atoms with Gasteiger partial charge in [0.15, 0.2) is 0 Å². The van der Waals surface area contributed by atoms with Gasteiger partial charge in [-0.25, -0.2) is 0 Å². The first-order valence-electron chi connectivity index (χ1n) is 3.36. The minimum atomic E-state index is 0.0301. The zero-order valence-electron chi connectivity index (χ0n) is 6.81. The fourth-order valence-electron chi connectivity index (χ4n) is 0.950. The molecule has 1 aromatic heterocycles. The number of hydrogen-bond donors (Lipinski definition) is 0. The predicted octanol–water partition coefficient (Wildman–Crippen LogP) is 1.76. The molecule has 2 nitrogen and oxygen atoms in total. The summed E-state index contributed by atoms with van der Waals surface area (Å²) < 4.78 is 2.28. The number of aromatic nitrogens is 1. The molecule has 0 amide bonds. The first-order chi connectivity index (χ1) is 5.04. The van der Waals surface area contributed by atoms with Crippen molar-refractivity contribution in [3.63, 3.8) is 0 Å². The average molecular weight is 216 g/mol. The number of halogens is 1. The zero-order chi connectivity index (χ0) is 8.59. The number of hydrogen-bond acceptors (Lipinski definition) is 1. The Morgan fingerprint density at radius 2 is 2.00 bits per heavy atom. The van der Waals surface area contributed by atoms with Crippen LogP contribution in [0, 0.1) is 13.8 Å². The smallest absolute Gasteiger partial charge is 0.265 e. The van der Waals surface area contributed by atoms with E-state index in [1.165, 1.54) is 0 Å². The van der Waals surface area contributed by atoms with Crippen molar-refractivity contribution >= 4 is 15.9 Å². The highest BCUT2D eigenvalue weighted by Gasteiger charge is 2.03. The Morgan fingerprint density at radius 1 is 1.45 bits per heavy atom. The van der Waals surface area contributed by atoms with E-state index in [-0.39, 0.29) is 5.56 Å². The quantitative estimate of drug-likeness (QED) is 0.647. The van der Waals surface area contributed by atoms with Crippen molar-refractivity contribution in [2.24, 2.45) is 7.05 Å². The van der Waals surface area contributed by atoms with Crippen LogP contribution in [-0.2, 0) is 7.05 Å². The second-order valence-electron chi connectivity index (χ2n) is 2.65. The lowest BCUT2D eigenvalue weighted by Gasteiger charge is -2.05. The monoisotopic (exact) mass is 215 g/mol. The number of aryl methyl sites for hydroxylation is 2. The van der Waals surface area contributed by atoms with Gasteiger partial charge in [0, 0.05) is 12.7 Å². The highest BCUT2D eigenvalue weighted by Crippen LogP contribution is 2.10. The fraction of sp³-hybridized carbons (Fsp3) is 0.375. The molecule has 0 aliphatic carbocycles. The number of pyridine rings is 1. The van der Waals surface area contributed by atoms with Crippen LogP contribution in [-0.4, -0.2) is 4.57 Å². The van der Waals surface area contributed by atoms with Crippen molar-refractivity contribution in [1.29, 1.82) is 0 Å². The summed E-state index contributed by atoms with van der Waals surface area (Å²) >= 11 is 3.23. The van der Waals surface area contributed by atoms with Gasteiger partial charge >= 0.3 is 0 Å². The van der Waals surface area contributed by atoms with Gasteiger partial charge in [0.2, 0.25) is 0 Å². The Morgan fingerprint density at radius 3 is 2.55 bits per heavy atom. The Hall–Kier alpha value is -0.570. The van der Waals surface area contributed by atoms with Crippen molar-refractivity contribution in [3.05, 3.63) is 32.2 Å². The zero-order valence-corrected chi connectivity index (χ0v) is 8.40. The molecule has 0 saturated carbocycles. The van der Waals surface area contributed by atoms with E-state index in [1.54, 1.807) is 11.6 Å². The Labute approximate surface area is 74.0 Å². The summed E-state index contributed by atoms with van der Waals surface area (Å²) in [7, 11) is 1.77. The molecule has 0 aliphatic rings. The van der Waals surface area contributed by atoms with Gasteiger partial charge in [0.05, 0.1) is 4.47 Å². The van der Waals surface area contributed by atoms with Gasteiger partial charge < -0.3 is 4.57 Å². The Balaban J connectivity index is 3.59. The largest absolute Gasteiger partial charge is 0.315 e. The van der Waals surface area contributed by atoms with Gasteiger partial charge in [-0.15, -0.1) is 0 Å². The minimum Gasteiger partial charge on any atom is -0.315 e. The summed E-state index contributed by atoms with van der Waals surface area (Å²) in [5, 5.41) is 0. The van der Waals surface area contributed by atoms with Gasteiger partial charge in [-0.05, 0) is 41.4 Å². The molecule has 0 N–H and O–H groups in total. The molecule has 0 atom stereocenters. The van der Waals surface area contributed by atoms with E-state index in [9.17, 15) is 4.79 Å². The summed E-state index contributed by atoms with van der Waals surface area (Å²) in [6.07, 6.45) is 0. The van der Waals surface area contributed by atoms with Crippen molar-refractivity contribution in [2.45, 2.75) is 13.8 Å². The molecule has 0 aromatic carbocycles. The van der Waals surface area contributed by atoms with Gasteiger partial charge in [0.25, 0.3) is 5.56 Å². The van der Waals surface area contributed by atoms with E-state index >= 15 is 0 Å². The molecule has 0 unspecified atom stereocenters. The van der Waals surface area contributed by atoms with Crippen LogP contribution >= 0.6 is 15.9 Å². The van der Waals surface area contributed by atoms with E-state index in [0.717, 1.165) is 11.3 Å². The van der Waals surface area contributed by atoms with Crippen molar-refractivity contribution < 1.29 is 0 Å². The number of nitrogens with zero attached hydrogens (tertiary/aromatic N) is 1. The Kier molecular flexibility index (Phi) is 2.18. The fourth-order valence-corrected chi connectivity index (χ4v) is 1.33. The highest BCUT2D eigenvalue weighted by molar-refractivity contribution is 9.10. The van der Waals surface area contributed by atoms with Crippen LogP contribution in [0.25, 0.3) is 0 Å². The summed E-state index contributed by atoms with van der Waals surface area (Å²) in [5.74, 6) is 0. The van der Waals surface area contributed by atoms with Crippen molar-refractivity contribution in [3.8, 4) is 0 Å². The van der Waals surface area contributed by atoms with Crippen LogP contribution in [0.15, 0.2) is 15.3 Å². The standard InChI is InChI=1S/C8H10BrNO/c1-5-4-6(2)10(3)8(11)7(5)9/h4H,1-3H3. The van der Waals surface area contributed by atoms with E-state index in [1.807, 2.05) is 19.9 Å². The first kappa shape index (κ1) is 8.53. The molecule has 1 heterocycles. The summed E-state index contributed by atoms with van der Waals surface area (Å²) in [6.45, 7) is 3.83. The molecular formula is C8H10BrNO. The van der Waals surface area contributed by atoms with E-state index < -0.39 is 0 Å². The highest BCUT2D eigenvalue weighted by atomic mass is 79.9. The SMILES string of the molecule is Cc1cc(C)n(C)c(=O)c1Br. The molecule has 0 fully saturated rings. The lowest BCUT2D eigenvalue weighted by Crippen LogP contribution is -2.20. The molecular weight excluding hydrogens is 206 g/mol. The third kappa shape index (κ3) is 1.38. The maximum atomic E-state index is 11.3. The number of rotatable bonds is 0. The van der Waals surface area contributed by atoms with Crippen LogP contribution < -0.4 is 5.56 Å². The first-order valence-corrected chi connectivity index (χ1v) is 4.16. The molecule has 60 valence electrons. The maximum absolute atomic E-state index is 11.3. The molecule has 1 aromatic rings. The lowest BCUT2D eigenvalue weighted by atomic mass is 10.2. The summed E-state index contributed by atoms with van der Waals surface area (Å²) in [5.41, 5.74) is 2.00. The second-order valence-corrected chi connectivity index (χ2v) is 3.44. The molecule has 0 bridgehead atoms. The van der Waals surface area contributed by atoms with E-state index in [2.05, 4.69) is 15.9 Å². The van der Waals surface area contributed by atoms with Crippen LogP contribution in [0.2, 0.25) is 0 Å². The van der Waals surface area contributed by atoms with Crippen LogP contribution in [0.3, 0.4) is 0 Å². The molecule has 0 aliphatic heterocycles. The minimum absolute atomic E-state index is 0.0301. The van der Waals surface area contributed by atoms with E-state index in [0.29, 0.717) is 4.47 Å². The van der Waals surface area contributed by atoms with Gasteiger partial charge in [-0.3, -0.25) is 4.79 Å². The maximum Gasteiger partial charge on any atom is 0.265 e. The van der Waals surface area contributed by atoms with E-state index in [4.69, 9.17) is 0 Å². The molecule has 3 heteroatoms. The van der Waals surface area contributed by atoms with Crippen LogP contribution in [0.1, 0.15) is 11.3 Å². The Bertz CT molecular complexity index is 311. The summed E-state index contributed by atoms with van der Waals surface area (Å²) in [6, 6.07) is 1.98. The molecule has 0 spiro atoms.